The average Bonchev–Trinajstić information content (AvgIpc) is 2.19. The van der Waals surface area contributed by atoms with Crippen LogP contribution in [0.15, 0.2) is 24.0 Å². The Labute approximate surface area is 85.6 Å². The number of piperidine rings is 1. The van der Waals surface area contributed by atoms with Crippen molar-refractivity contribution in [3.8, 4) is 0 Å². The van der Waals surface area contributed by atoms with Gasteiger partial charge in [-0.15, -0.1) is 0 Å². The maximum atomic E-state index is 5.65. The zero-order valence-electron chi connectivity index (χ0n) is 8.74. The van der Waals surface area contributed by atoms with E-state index in [0.717, 1.165) is 11.6 Å². The van der Waals surface area contributed by atoms with Gasteiger partial charge in [0.25, 0.3) is 0 Å². The quantitative estimate of drug-likeness (QED) is 0.653. The van der Waals surface area contributed by atoms with Gasteiger partial charge in [-0.2, -0.15) is 0 Å². The first-order chi connectivity index (χ1) is 6.75. The Bertz CT molecular complexity index is 257. The predicted octanol–water partition coefficient (Wildman–Crippen LogP) is 1.00. The third-order valence-electron chi connectivity index (χ3n) is 2.97. The molecular weight excluding hydrogens is 174 g/mol. The maximum Gasteiger partial charge on any atom is 0.0986 e. The van der Waals surface area contributed by atoms with Crippen LogP contribution in [-0.4, -0.2) is 24.2 Å². The SMILES string of the molecule is C[C@@H]1CCCN(C2C=CC(N)=CN2)C1. The third kappa shape index (κ3) is 2.10. The summed E-state index contributed by atoms with van der Waals surface area (Å²) in [6, 6.07) is 0. The molecule has 14 heavy (non-hydrogen) atoms. The van der Waals surface area contributed by atoms with Crippen molar-refractivity contribution in [2.24, 2.45) is 11.7 Å². The molecule has 0 aromatic rings. The van der Waals surface area contributed by atoms with E-state index >= 15 is 0 Å². The smallest absolute Gasteiger partial charge is 0.0986 e. The number of hydrogen-bond donors (Lipinski definition) is 2. The standard InChI is InChI=1S/C11H19N3/c1-9-3-2-6-14(8-9)11-5-4-10(12)7-13-11/h4-5,7,9,11,13H,2-3,6,8,12H2,1H3/t9-,11?/m1/s1. The van der Waals surface area contributed by atoms with Gasteiger partial charge in [-0.3, -0.25) is 4.90 Å². The highest BCUT2D eigenvalue weighted by Crippen LogP contribution is 2.18. The molecule has 0 aromatic heterocycles. The van der Waals surface area contributed by atoms with Crippen molar-refractivity contribution in [3.63, 3.8) is 0 Å². The monoisotopic (exact) mass is 193 g/mol. The molecule has 3 heteroatoms. The minimum Gasteiger partial charge on any atom is -0.398 e. The van der Waals surface area contributed by atoms with Gasteiger partial charge in [0, 0.05) is 25.0 Å². The van der Waals surface area contributed by atoms with Gasteiger partial charge in [-0.25, -0.2) is 0 Å². The van der Waals surface area contributed by atoms with Crippen molar-refractivity contribution >= 4 is 0 Å². The lowest BCUT2D eigenvalue weighted by molar-refractivity contribution is 0.141. The van der Waals surface area contributed by atoms with Gasteiger partial charge in [0.1, 0.15) is 0 Å². The number of hydrogen-bond acceptors (Lipinski definition) is 3. The van der Waals surface area contributed by atoms with E-state index in [9.17, 15) is 0 Å². The van der Waals surface area contributed by atoms with Crippen LogP contribution in [0.2, 0.25) is 0 Å². The predicted molar refractivity (Wildman–Crippen MR) is 58.3 cm³/mol. The first-order valence-electron chi connectivity index (χ1n) is 5.39. The Morgan fingerprint density at radius 1 is 1.57 bits per heavy atom. The molecule has 0 bridgehead atoms. The molecule has 2 atom stereocenters. The second-order valence-electron chi connectivity index (χ2n) is 4.36. The molecule has 0 aromatic carbocycles. The summed E-state index contributed by atoms with van der Waals surface area (Å²) in [6.45, 7) is 4.71. The van der Waals surface area contributed by atoms with Gasteiger partial charge < -0.3 is 11.1 Å². The normalized spacial score (nSPS) is 33.6. The number of allylic oxidation sites excluding steroid dienone is 1. The second kappa shape index (κ2) is 4.05. The molecule has 1 fully saturated rings. The van der Waals surface area contributed by atoms with E-state index in [-0.39, 0.29) is 0 Å². The molecule has 0 saturated carbocycles. The van der Waals surface area contributed by atoms with Gasteiger partial charge in [0.15, 0.2) is 0 Å². The number of likely N-dealkylation sites (tertiary alicyclic amines) is 1. The fourth-order valence-electron chi connectivity index (χ4n) is 2.19. The first kappa shape index (κ1) is 9.59. The molecule has 0 amide bonds. The minimum absolute atomic E-state index is 0.352. The van der Waals surface area contributed by atoms with Gasteiger partial charge >= 0.3 is 0 Å². The molecule has 0 spiro atoms. The van der Waals surface area contributed by atoms with Gasteiger partial charge in [0.2, 0.25) is 0 Å². The van der Waals surface area contributed by atoms with Crippen molar-refractivity contribution in [3.05, 3.63) is 24.0 Å². The molecule has 2 aliphatic rings. The summed E-state index contributed by atoms with van der Waals surface area (Å²) in [7, 11) is 0. The number of dihydropyridines is 1. The minimum atomic E-state index is 0.352. The van der Waals surface area contributed by atoms with Crippen LogP contribution in [0.4, 0.5) is 0 Å². The van der Waals surface area contributed by atoms with E-state index < -0.39 is 0 Å². The molecular formula is C11H19N3. The maximum absolute atomic E-state index is 5.65. The summed E-state index contributed by atoms with van der Waals surface area (Å²) in [5.74, 6) is 0.821. The van der Waals surface area contributed by atoms with Crippen LogP contribution in [0, 0.1) is 5.92 Å². The highest BCUT2D eigenvalue weighted by atomic mass is 15.3. The zero-order chi connectivity index (χ0) is 9.97. The molecule has 0 radical (unpaired) electrons. The van der Waals surface area contributed by atoms with E-state index in [0.29, 0.717) is 6.17 Å². The van der Waals surface area contributed by atoms with E-state index in [4.69, 9.17) is 5.73 Å². The van der Waals surface area contributed by atoms with Crippen LogP contribution in [0.1, 0.15) is 19.8 Å². The first-order valence-corrected chi connectivity index (χ1v) is 5.39. The molecule has 1 saturated heterocycles. The average molecular weight is 193 g/mol. The molecule has 78 valence electrons. The molecule has 2 aliphatic heterocycles. The summed E-state index contributed by atoms with van der Waals surface area (Å²) in [4.78, 5) is 2.48. The van der Waals surface area contributed by atoms with Crippen LogP contribution >= 0.6 is 0 Å². The lowest BCUT2D eigenvalue weighted by Crippen LogP contribution is -2.48. The molecule has 1 unspecified atom stereocenters. The summed E-state index contributed by atoms with van der Waals surface area (Å²) in [6.07, 6.45) is 9.06. The second-order valence-corrected chi connectivity index (χ2v) is 4.36. The van der Waals surface area contributed by atoms with Crippen molar-refractivity contribution in [1.29, 1.82) is 0 Å². The van der Waals surface area contributed by atoms with Gasteiger partial charge in [-0.1, -0.05) is 6.92 Å². The zero-order valence-corrected chi connectivity index (χ0v) is 8.74. The third-order valence-corrected chi connectivity index (χ3v) is 2.97. The van der Waals surface area contributed by atoms with E-state index in [2.05, 4.69) is 23.2 Å². The van der Waals surface area contributed by atoms with E-state index in [1.54, 1.807) is 0 Å². The highest BCUT2D eigenvalue weighted by Gasteiger charge is 2.22. The highest BCUT2D eigenvalue weighted by molar-refractivity contribution is 5.20. The van der Waals surface area contributed by atoms with Gasteiger partial charge in [-0.05, 0) is 30.9 Å². The van der Waals surface area contributed by atoms with E-state index in [1.165, 1.54) is 25.9 Å². The van der Waals surface area contributed by atoms with Crippen LogP contribution in [-0.2, 0) is 0 Å². The van der Waals surface area contributed by atoms with Crippen molar-refractivity contribution in [2.75, 3.05) is 13.1 Å². The summed E-state index contributed by atoms with van der Waals surface area (Å²) in [5.41, 5.74) is 6.46. The number of nitrogens with zero attached hydrogens (tertiary/aromatic N) is 1. The lowest BCUT2D eigenvalue weighted by Gasteiger charge is -2.36. The Morgan fingerprint density at radius 2 is 2.43 bits per heavy atom. The summed E-state index contributed by atoms with van der Waals surface area (Å²) < 4.78 is 0. The molecule has 0 aliphatic carbocycles. The lowest BCUT2D eigenvalue weighted by atomic mass is 9.99. The fraction of sp³-hybridized carbons (Fsp3) is 0.636. The van der Waals surface area contributed by atoms with E-state index in [1.807, 2.05) is 12.3 Å². The van der Waals surface area contributed by atoms with Crippen molar-refractivity contribution in [1.82, 2.24) is 10.2 Å². The molecule has 3 nitrogen and oxygen atoms in total. The topological polar surface area (TPSA) is 41.3 Å². The number of nitrogens with one attached hydrogen (secondary N) is 1. The van der Waals surface area contributed by atoms with Crippen LogP contribution < -0.4 is 11.1 Å². The van der Waals surface area contributed by atoms with Crippen LogP contribution in [0.3, 0.4) is 0 Å². The Hall–Kier alpha value is -0.960. The van der Waals surface area contributed by atoms with Crippen LogP contribution in [0.25, 0.3) is 0 Å². The summed E-state index contributed by atoms with van der Waals surface area (Å²) in [5, 5.41) is 3.31. The fourth-order valence-corrected chi connectivity index (χ4v) is 2.19. The van der Waals surface area contributed by atoms with Crippen LogP contribution in [0.5, 0.6) is 0 Å². The van der Waals surface area contributed by atoms with Crippen molar-refractivity contribution < 1.29 is 0 Å². The Kier molecular flexibility index (Phi) is 2.77. The van der Waals surface area contributed by atoms with Crippen molar-refractivity contribution in [2.45, 2.75) is 25.9 Å². The summed E-state index contributed by atoms with van der Waals surface area (Å²) >= 11 is 0. The molecule has 2 rings (SSSR count). The molecule has 2 heterocycles. The number of nitrogens with two attached hydrogens (primary N) is 1. The Balaban J connectivity index is 1.93. The number of rotatable bonds is 1. The molecule has 3 N–H and O–H groups in total. The Morgan fingerprint density at radius 3 is 3.07 bits per heavy atom. The van der Waals surface area contributed by atoms with Gasteiger partial charge in [0.05, 0.1) is 6.17 Å². The largest absolute Gasteiger partial charge is 0.398 e.